The van der Waals surface area contributed by atoms with E-state index >= 15 is 0 Å². The first kappa shape index (κ1) is 15.4. The minimum absolute atomic E-state index is 0.0497. The molecule has 2 nitrogen and oxygen atoms in total. The molecule has 0 aliphatic carbocycles. The van der Waals surface area contributed by atoms with Crippen LogP contribution in [-0.4, -0.2) is 0 Å². The number of nitrogens with one attached hydrogen (secondary N) is 1. The molecular formula is C14H11ClF4N2. The average molecular weight is 319 g/mol. The number of nitrogen functional groups attached to an aromatic ring is 1. The molecule has 2 aromatic carbocycles. The minimum Gasteiger partial charge on any atom is -0.397 e. The molecule has 0 amide bonds. The first-order valence-corrected chi connectivity index (χ1v) is 6.25. The zero-order valence-electron chi connectivity index (χ0n) is 10.9. The van der Waals surface area contributed by atoms with Gasteiger partial charge in [0.1, 0.15) is 5.82 Å². The van der Waals surface area contributed by atoms with Crippen molar-refractivity contribution in [3.63, 3.8) is 0 Å². The third-order valence-corrected chi connectivity index (χ3v) is 3.22. The molecular weight excluding hydrogens is 308 g/mol. The molecule has 0 atom stereocenters. The van der Waals surface area contributed by atoms with Gasteiger partial charge in [0, 0.05) is 11.8 Å². The SMILES string of the molecule is Cc1ccc(C(F)(F)F)cc1Nc1cc(Cl)c(F)cc1N. The van der Waals surface area contributed by atoms with Crippen LogP contribution in [0.5, 0.6) is 0 Å². The van der Waals surface area contributed by atoms with Crippen LogP contribution in [0.4, 0.5) is 34.6 Å². The summed E-state index contributed by atoms with van der Waals surface area (Å²) in [5.74, 6) is -0.694. The summed E-state index contributed by atoms with van der Waals surface area (Å²) in [6.45, 7) is 1.64. The summed E-state index contributed by atoms with van der Waals surface area (Å²) in [5, 5.41) is 2.57. The maximum absolute atomic E-state index is 13.2. The molecule has 0 heterocycles. The second-order valence-electron chi connectivity index (χ2n) is 4.51. The molecule has 0 fully saturated rings. The van der Waals surface area contributed by atoms with Crippen molar-refractivity contribution in [1.29, 1.82) is 0 Å². The second kappa shape index (κ2) is 5.44. The van der Waals surface area contributed by atoms with Crippen molar-refractivity contribution >= 4 is 28.7 Å². The Hall–Kier alpha value is -1.95. The lowest BCUT2D eigenvalue weighted by atomic mass is 10.1. The monoisotopic (exact) mass is 318 g/mol. The molecule has 3 N–H and O–H groups in total. The van der Waals surface area contributed by atoms with E-state index < -0.39 is 17.6 Å². The lowest BCUT2D eigenvalue weighted by molar-refractivity contribution is -0.137. The molecule has 0 saturated carbocycles. The fourth-order valence-corrected chi connectivity index (χ4v) is 1.91. The topological polar surface area (TPSA) is 38.0 Å². The summed E-state index contributed by atoms with van der Waals surface area (Å²) < 4.78 is 51.3. The van der Waals surface area contributed by atoms with Gasteiger partial charge in [-0.25, -0.2) is 4.39 Å². The molecule has 0 unspecified atom stereocenters. The summed E-state index contributed by atoms with van der Waals surface area (Å²) in [6, 6.07) is 5.53. The fraction of sp³-hybridized carbons (Fsp3) is 0.143. The predicted octanol–water partition coefficient (Wildman–Crippen LogP) is 5.13. The highest BCUT2D eigenvalue weighted by Crippen LogP contribution is 2.34. The highest BCUT2D eigenvalue weighted by atomic mass is 35.5. The fourth-order valence-electron chi connectivity index (χ4n) is 1.75. The van der Waals surface area contributed by atoms with Crippen LogP contribution in [-0.2, 0) is 6.18 Å². The number of rotatable bonds is 2. The van der Waals surface area contributed by atoms with Gasteiger partial charge >= 0.3 is 6.18 Å². The van der Waals surface area contributed by atoms with Crippen LogP contribution in [0, 0.1) is 12.7 Å². The van der Waals surface area contributed by atoms with Gasteiger partial charge in [-0.1, -0.05) is 17.7 Å². The summed E-state index contributed by atoms with van der Waals surface area (Å²) in [5.41, 5.74) is 5.94. The Balaban J connectivity index is 2.42. The van der Waals surface area contributed by atoms with Gasteiger partial charge in [-0.2, -0.15) is 13.2 Å². The van der Waals surface area contributed by atoms with Gasteiger partial charge < -0.3 is 11.1 Å². The van der Waals surface area contributed by atoms with Crippen LogP contribution >= 0.6 is 11.6 Å². The van der Waals surface area contributed by atoms with E-state index in [0.717, 1.165) is 18.2 Å². The van der Waals surface area contributed by atoms with Crippen LogP contribution in [0.1, 0.15) is 11.1 Å². The summed E-state index contributed by atoms with van der Waals surface area (Å²) in [4.78, 5) is 0. The Morgan fingerprint density at radius 1 is 1.10 bits per heavy atom. The third-order valence-electron chi connectivity index (χ3n) is 2.93. The molecule has 2 aromatic rings. The van der Waals surface area contributed by atoms with Crippen LogP contribution in [0.2, 0.25) is 5.02 Å². The predicted molar refractivity (Wildman–Crippen MR) is 75.3 cm³/mol. The molecule has 0 radical (unpaired) electrons. The number of hydrogen-bond donors (Lipinski definition) is 2. The van der Waals surface area contributed by atoms with E-state index in [4.69, 9.17) is 17.3 Å². The highest BCUT2D eigenvalue weighted by molar-refractivity contribution is 6.31. The number of nitrogens with two attached hydrogens (primary N) is 1. The Kier molecular flexibility index (Phi) is 4.00. The molecule has 2 rings (SSSR count). The first-order chi connectivity index (χ1) is 9.68. The van der Waals surface area contributed by atoms with E-state index in [1.165, 1.54) is 12.1 Å². The summed E-state index contributed by atoms with van der Waals surface area (Å²) >= 11 is 5.65. The standard InChI is InChI=1S/C14H11ClF4N2/c1-7-2-3-8(14(17,18)19)4-12(7)21-13-5-9(15)10(16)6-11(13)20/h2-6,21H,20H2,1H3. The number of halogens is 5. The van der Waals surface area contributed by atoms with Crippen molar-refractivity contribution in [3.05, 3.63) is 52.3 Å². The zero-order valence-corrected chi connectivity index (χ0v) is 11.6. The van der Waals surface area contributed by atoms with Gasteiger partial charge in [-0.05, 0) is 30.7 Å². The smallest absolute Gasteiger partial charge is 0.397 e. The number of anilines is 3. The Morgan fingerprint density at radius 3 is 2.38 bits per heavy atom. The second-order valence-corrected chi connectivity index (χ2v) is 4.91. The van der Waals surface area contributed by atoms with Crippen molar-refractivity contribution in [3.8, 4) is 0 Å². The Bertz CT molecular complexity index is 683. The summed E-state index contributed by atoms with van der Waals surface area (Å²) in [6.07, 6.45) is -4.45. The average Bonchev–Trinajstić information content (AvgIpc) is 2.37. The summed E-state index contributed by atoms with van der Waals surface area (Å²) in [7, 11) is 0. The molecule has 0 spiro atoms. The zero-order chi connectivity index (χ0) is 15.8. The third kappa shape index (κ3) is 3.39. The lowest BCUT2D eigenvalue weighted by Gasteiger charge is -2.15. The molecule has 21 heavy (non-hydrogen) atoms. The van der Waals surface area contributed by atoms with E-state index in [1.807, 2.05) is 0 Å². The van der Waals surface area contributed by atoms with Crippen LogP contribution in [0.25, 0.3) is 0 Å². The van der Waals surface area contributed by atoms with Crippen molar-refractivity contribution < 1.29 is 17.6 Å². The number of aryl methyl sites for hydroxylation is 1. The number of hydrogen-bond acceptors (Lipinski definition) is 2. The minimum atomic E-state index is -4.45. The van der Waals surface area contributed by atoms with Crippen molar-refractivity contribution in [2.75, 3.05) is 11.1 Å². The van der Waals surface area contributed by atoms with E-state index in [9.17, 15) is 17.6 Å². The first-order valence-electron chi connectivity index (χ1n) is 5.88. The van der Waals surface area contributed by atoms with Crippen molar-refractivity contribution in [2.24, 2.45) is 0 Å². The van der Waals surface area contributed by atoms with Gasteiger partial charge in [-0.3, -0.25) is 0 Å². The van der Waals surface area contributed by atoms with Crippen LogP contribution in [0.3, 0.4) is 0 Å². The molecule has 0 aliphatic heterocycles. The molecule has 7 heteroatoms. The highest BCUT2D eigenvalue weighted by Gasteiger charge is 2.30. The van der Waals surface area contributed by atoms with E-state index in [2.05, 4.69) is 5.32 Å². The van der Waals surface area contributed by atoms with E-state index in [-0.39, 0.29) is 22.1 Å². The normalized spacial score (nSPS) is 11.5. The molecule has 0 bridgehead atoms. The van der Waals surface area contributed by atoms with Gasteiger partial charge in [0.25, 0.3) is 0 Å². The molecule has 0 aromatic heterocycles. The maximum atomic E-state index is 13.2. The van der Waals surface area contributed by atoms with Gasteiger partial charge in [0.15, 0.2) is 0 Å². The van der Waals surface area contributed by atoms with Crippen LogP contribution in [0.15, 0.2) is 30.3 Å². The number of alkyl halides is 3. The van der Waals surface area contributed by atoms with E-state index in [0.29, 0.717) is 5.56 Å². The van der Waals surface area contributed by atoms with E-state index in [1.54, 1.807) is 6.92 Å². The van der Waals surface area contributed by atoms with Crippen molar-refractivity contribution in [2.45, 2.75) is 13.1 Å². The van der Waals surface area contributed by atoms with Gasteiger partial charge in [-0.15, -0.1) is 0 Å². The Labute approximate surface area is 123 Å². The maximum Gasteiger partial charge on any atom is 0.416 e. The molecule has 112 valence electrons. The number of benzene rings is 2. The van der Waals surface area contributed by atoms with Crippen molar-refractivity contribution in [1.82, 2.24) is 0 Å². The molecule has 0 aliphatic rings. The quantitative estimate of drug-likeness (QED) is 0.595. The lowest BCUT2D eigenvalue weighted by Crippen LogP contribution is -2.06. The molecule has 0 saturated heterocycles. The van der Waals surface area contributed by atoms with Gasteiger partial charge in [0.2, 0.25) is 0 Å². The Morgan fingerprint density at radius 2 is 1.76 bits per heavy atom. The van der Waals surface area contributed by atoms with Gasteiger partial charge in [0.05, 0.1) is 22.0 Å². The largest absolute Gasteiger partial charge is 0.416 e. The van der Waals surface area contributed by atoms with Crippen LogP contribution < -0.4 is 11.1 Å².